The summed E-state index contributed by atoms with van der Waals surface area (Å²) in [5, 5.41) is 0. The minimum Gasteiger partial charge on any atom is -0.493 e. The second kappa shape index (κ2) is 7.81. The second-order valence-corrected chi connectivity index (χ2v) is 7.59. The van der Waals surface area contributed by atoms with Crippen LogP contribution >= 0.6 is 0 Å². The number of aromatic nitrogens is 2. The van der Waals surface area contributed by atoms with E-state index in [0.717, 1.165) is 5.56 Å². The van der Waals surface area contributed by atoms with Gasteiger partial charge in [0.1, 0.15) is 11.9 Å². The molecule has 2 aromatic carbocycles. The molecule has 0 radical (unpaired) electrons. The summed E-state index contributed by atoms with van der Waals surface area (Å²) in [5.74, 6) is 1.39. The van der Waals surface area contributed by atoms with Crippen molar-refractivity contribution in [3.8, 4) is 11.5 Å². The van der Waals surface area contributed by atoms with E-state index in [1.54, 1.807) is 23.0 Å². The largest absolute Gasteiger partial charge is 0.493 e. The van der Waals surface area contributed by atoms with Gasteiger partial charge in [-0.15, -0.1) is 0 Å². The lowest BCUT2D eigenvalue weighted by atomic mass is 10.1. The number of nitrogens with one attached hydrogen (secondary N) is 1. The molecule has 1 unspecified atom stereocenters. The molecular weight excluding hydrogens is 366 g/mol. The molecule has 27 heavy (non-hydrogen) atoms. The van der Waals surface area contributed by atoms with Crippen molar-refractivity contribution in [1.82, 2.24) is 14.3 Å². The third-order valence-electron chi connectivity index (χ3n) is 4.19. The van der Waals surface area contributed by atoms with Gasteiger partial charge in [0.2, 0.25) is 10.0 Å². The van der Waals surface area contributed by atoms with Crippen molar-refractivity contribution < 1.29 is 17.9 Å². The van der Waals surface area contributed by atoms with Crippen molar-refractivity contribution >= 4 is 10.0 Å². The van der Waals surface area contributed by atoms with Gasteiger partial charge in [-0.1, -0.05) is 30.3 Å². The van der Waals surface area contributed by atoms with Crippen LogP contribution in [0.25, 0.3) is 0 Å². The van der Waals surface area contributed by atoms with Crippen molar-refractivity contribution in [2.75, 3.05) is 14.2 Å². The zero-order valence-electron chi connectivity index (χ0n) is 15.3. The Morgan fingerprint density at radius 2 is 1.74 bits per heavy atom. The summed E-state index contributed by atoms with van der Waals surface area (Å²) in [5.41, 5.74) is 0.788. The van der Waals surface area contributed by atoms with Crippen LogP contribution in [0.2, 0.25) is 0 Å². The highest BCUT2D eigenvalue weighted by Gasteiger charge is 2.26. The summed E-state index contributed by atoms with van der Waals surface area (Å²) < 4.78 is 41.0. The number of aryl methyl sites for hydroxylation is 1. The molecule has 0 aliphatic rings. The van der Waals surface area contributed by atoms with Crippen LogP contribution in [0.3, 0.4) is 0 Å². The lowest BCUT2D eigenvalue weighted by Gasteiger charge is -2.19. The molecule has 8 heteroatoms. The van der Waals surface area contributed by atoms with E-state index in [9.17, 15) is 8.42 Å². The molecule has 0 saturated heterocycles. The minimum atomic E-state index is -3.85. The highest BCUT2D eigenvalue weighted by molar-refractivity contribution is 7.89. The molecule has 7 nitrogen and oxygen atoms in total. The number of hydrogen-bond acceptors (Lipinski definition) is 5. The summed E-state index contributed by atoms with van der Waals surface area (Å²) in [6, 6.07) is 13.1. The van der Waals surface area contributed by atoms with Gasteiger partial charge >= 0.3 is 0 Å². The Balaban J connectivity index is 2.02. The van der Waals surface area contributed by atoms with Crippen molar-refractivity contribution in [3.05, 3.63) is 72.3 Å². The van der Waals surface area contributed by atoms with Crippen molar-refractivity contribution in [3.63, 3.8) is 0 Å². The first-order valence-corrected chi connectivity index (χ1v) is 9.71. The number of hydrogen-bond donors (Lipinski definition) is 1. The van der Waals surface area contributed by atoms with Crippen molar-refractivity contribution in [1.29, 1.82) is 0 Å². The molecule has 1 atom stereocenters. The Kier molecular flexibility index (Phi) is 5.48. The van der Waals surface area contributed by atoms with Gasteiger partial charge in [0.05, 0.1) is 19.1 Å². The quantitative estimate of drug-likeness (QED) is 0.674. The van der Waals surface area contributed by atoms with Gasteiger partial charge in [-0.2, -0.15) is 4.72 Å². The van der Waals surface area contributed by atoms with Crippen LogP contribution < -0.4 is 14.2 Å². The minimum absolute atomic E-state index is 0.0790. The van der Waals surface area contributed by atoms with Gasteiger partial charge in [0.15, 0.2) is 11.5 Å². The summed E-state index contributed by atoms with van der Waals surface area (Å²) >= 11 is 0. The summed E-state index contributed by atoms with van der Waals surface area (Å²) in [4.78, 5) is 4.40. The Bertz CT molecular complexity index is 1020. The van der Waals surface area contributed by atoms with Gasteiger partial charge in [0.25, 0.3) is 0 Å². The number of methoxy groups -OCH3 is 2. The molecule has 3 rings (SSSR count). The second-order valence-electron chi connectivity index (χ2n) is 5.88. The number of ether oxygens (including phenoxy) is 2. The van der Waals surface area contributed by atoms with Crippen LogP contribution in [0.4, 0.5) is 0 Å². The third kappa shape index (κ3) is 3.96. The molecule has 1 N–H and O–H groups in total. The van der Waals surface area contributed by atoms with Gasteiger partial charge < -0.3 is 14.0 Å². The van der Waals surface area contributed by atoms with E-state index >= 15 is 0 Å². The fraction of sp³-hybridized carbons (Fsp3) is 0.211. The SMILES string of the molecule is COc1ccc(S(=O)(=O)NC(c2ccccc2)c2nccn2C)cc1OC. The van der Waals surface area contributed by atoms with Crippen molar-refractivity contribution in [2.24, 2.45) is 7.05 Å². The maximum absolute atomic E-state index is 13.0. The molecule has 0 spiro atoms. The summed E-state index contributed by atoms with van der Waals surface area (Å²) in [7, 11) is 0.933. The molecule has 1 aromatic heterocycles. The Morgan fingerprint density at radius 1 is 1.04 bits per heavy atom. The van der Waals surface area contributed by atoms with E-state index < -0.39 is 16.1 Å². The predicted octanol–water partition coefficient (Wildman–Crippen LogP) is 2.51. The van der Waals surface area contributed by atoms with Crippen LogP contribution in [0, 0.1) is 0 Å². The van der Waals surface area contributed by atoms with Crippen LogP contribution in [0.1, 0.15) is 17.4 Å². The Morgan fingerprint density at radius 3 is 2.33 bits per heavy atom. The van der Waals surface area contributed by atoms with E-state index in [1.807, 2.05) is 37.4 Å². The van der Waals surface area contributed by atoms with E-state index in [-0.39, 0.29) is 4.90 Å². The molecule has 0 saturated carbocycles. The van der Waals surface area contributed by atoms with Gasteiger partial charge in [-0.05, 0) is 17.7 Å². The zero-order valence-corrected chi connectivity index (χ0v) is 16.1. The number of sulfonamides is 1. The molecular formula is C19H21N3O4S. The molecule has 0 fully saturated rings. The molecule has 0 aliphatic heterocycles. The molecule has 1 heterocycles. The maximum Gasteiger partial charge on any atom is 0.241 e. The first-order chi connectivity index (χ1) is 13.0. The van der Waals surface area contributed by atoms with Crippen LogP contribution in [-0.2, 0) is 17.1 Å². The van der Waals surface area contributed by atoms with E-state index in [1.165, 1.54) is 26.4 Å². The van der Waals surface area contributed by atoms with Gasteiger partial charge in [-0.25, -0.2) is 13.4 Å². The maximum atomic E-state index is 13.0. The zero-order chi connectivity index (χ0) is 19.4. The lowest BCUT2D eigenvalue weighted by molar-refractivity contribution is 0.354. The van der Waals surface area contributed by atoms with Gasteiger partial charge in [0, 0.05) is 25.5 Å². The lowest BCUT2D eigenvalue weighted by Crippen LogP contribution is -2.31. The standard InChI is InChI=1S/C19H21N3O4S/c1-22-12-11-20-19(22)18(14-7-5-4-6-8-14)21-27(23,24)15-9-10-16(25-2)17(13-15)26-3/h4-13,18,21H,1-3H3. The average molecular weight is 387 g/mol. The fourth-order valence-electron chi connectivity index (χ4n) is 2.78. The predicted molar refractivity (Wildman–Crippen MR) is 101 cm³/mol. The van der Waals surface area contributed by atoms with Gasteiger partial charge in [-0.3, -0.25) is 0 Å². The van der Waals surface area contributed by atoms with Crippen LogP contribution in [0.5, 0.6) is 11.5 Å². The molecule has 0 bridgehead atoms. The number of nitrogens with zero attached hydrogens (tertiary/aromatic N) is 2. The number of benzene rings is 2. The summed E-state index contributed by atoms with van der Waals surface area (Å²) in [6.07, 6.45) is 3.41. The normalized spacial score (nSPS) is 12.6. The number of imidazole rings is 1. The Hall–Kier alpha value is -2.84. The first-order valence-electron chi connectivity index (χ1n) is 8.23. The van der Waals surface area contributed by atoms with Crippen LogP contribution in [-0.4, -0.2) is 32.2 Å². The highest BCUT2D eigenvalue weighted by Crippen LogP contribution is 2.30. The fourth-order valence-corrected chi connectivity index (χ4v) is 3.97. The third-order valence-corrected chi connectivity index (χ3v) is 5.61. The average Bonchev–Trinajstić information content (AvgIpc) is 3.12. The molecule has 0 aliphatic carbocycles. The van der Waals surface area contributed by atoms with Crippen molar-refractivity contribution in [2.45, 2.75) is 10.9 Å². The van der Waals surface area contributed by atoms with E-state index in [2.05, 4.69) is 9.71 Å². The topological polar surface area (TPSA) is 82.5 Å². The molecule has 0 amide bonds. The smallest absolute Gasteiger partial charge is 0.241 e. The highest BCUT2D eigenvalue weighted by atomic mass is 32.2. The Labute approximate surface area is 158 Å². The first kappa shape index (κ1) is 18.9. The molecule has 142 valence electrons. The van der Waals surface area contributed by atoms with E-state index in [0.29, 0.717) is 17.3 Å². The van der Waals surface area contributed by atoms with Crippen LogP contribution in [0.15, 0.2) is 65.8 Å². The number of rotatable bonds is 7. The van der Waals surface area contributed by atoms with E-state index in [4.69, 9.17) is 9.47 Å². The summed E-state index contributed by atoms with van der Waals surface area (Å²) in [6.45, 7) is 0. The monoisotopic (exact) mass is 387 g/mol. The molecule has 3 aromatic rings.